The Hall–Kier alpha value is -3.40. The number of nitrogens with one attached hydrogen (secondary N) is 1. The number of hydrogen-bond donors (Lipinski definition) is 1. The number of alkyl halides is 2. The smallest absolute Gasteiger partial charge is 0.387 e. The number of carbonyl (C=O) groups excluding carboxylic acids is 2. The summed E-state index contributed by atoms with van der Waals surface area (Å²) >= 11 is 1.05. The van der Waals surface area contributed by atoms with Gasteiger partial charge in [0.05, 0.1) is 11.4 Å². The highest BCUT2D eigenvalue weighted by atomic mass is 32.1. The van der Waals surface area contributed by atoms with Crippen LogP contribution in [-0.2, 0) is 9.53 Å². The van der Waals surface area contributed by atoms with Crippen molar-refractivity contribution in [3.8, 4) is 16.3 Å². The van der Waals surface area contributed by atoms with E-state index in [2.05, 4.69) is 15.0 Å². The first kappa shape index (κ1) is 21.3. The molecule has 0 unspecified atom stereocenters. The molecule has 1 aromatic heterocycles. The van der Waals surface area contributed by atoms with Gasteiger partial charge in [0, 0.05) is 5.56 Å². The second-order valence-corrected chi connectivity index (χ2v) is 6.94. The molecule has 6 nitrogen and oxygen atoms in total. The van der Waals surface area contributed by atoms with Crippen LogP contribution in [0.3, 0.4) is 0 Å². The van der Waals surface area contributed by atoms with E-state index >= 15 is 0 Å². The molecule has 0 radical (unpaired) electrons. The lowest BCUT2D eigenvalue weighted by Gasteiger charge is -2.11. The van der Waals surface area contributed by atoms with E-state index in [1.165, 1.54) is 48.5 Å². The van der Waals surface area contributed by atoms with Crippen LogP contribution in [0.2, 0.25) is 0 Å². The zero-order chi connectivity index (χ0) is 21.7. The molecule has 0 aliphatic carbocycles. The van der Waals surface area contributed by atoms with Gasteiger partial charge in [-0.3, -0.25) is 4.79 Å². The number of benzene rings is 2. The number of nitrogens with zero attached hydrogens (tertiary/aromatic N) is 1. The number of thiazole rings is 1. The highest BCUT2D eigenvalue weighted by molar-refractivity contribution is 7.17. The number of anilines is 1. The summed E-state index contributed by atoms with van der Waals surface area (Å²) in [6.45, 7) is -2.08. The number of carbonyl (C=O) groups is 2. The summed E-state index contributed by atoms with van der Waals surface area (Å²) in [7, 11) is 0. The maximum atomic E-state index is 13.1. The van der Waals surface area contributed by atoms with Crippen LogP contribution in [-0.4, -0.2) is 30.1 Å². The molecular weight excluding hydrogens is 421 g/mol. The van der Waals surface area contributed by atoms with Crippen molar-refractivity contribution in [2.75, 3.05) is 11.9 Å². The van der Waals surface area contributed by atoms with E-state index in [4.69, 9.17) is 4.74 Å². The summed E-state index contributed by atoms with van der Waals surface area (Å²) in [5.74, 6) is -2.09. The number of aryl methyl sites for hydroxylation is 1. The van der Waals surface area contributed by atoms with Gasteiger partial charge in [-0.15, -0.1) is 11.3 Å². The fourth-order valence-corrected chi connectivity index (χ4v) is 3.42. The summed E-state index contributed by atoms with van der Waals surface area (Å²) < 4.78 is 47.3. The predicted octanol–water partition coefficient (Wildman–Crippen LogP) is 4.65. The molecule has 1 N–H and O–H groups in total. The molecule has 0 aliphatic heterocycles. The summed E-state index contributed by atoms with van der Waals surface area (Å²) in [6, 6.07) is 11.3. The first-order valence-corrected chi connectivity index (χ1v) is 9.39. The van der Waals surface area contributed by atoms with Crippen LogP contribution >= 0.6 is 11.3 Å². The Morgan fingerprint density at radius 2 is 1.83 bits per heavy atom. The lowest BCUT2D eigenvalue weighted by molar-refractivity contribution is -0.119. The Morgan fingerprint density at radius 3 is 2.53 bits per heavy atom. The zero-order valence-corrected chi connectivity index (χ0v) is 16.3. The summed E-state index contributed by atoms with van der Waals surface area (Å²) in [5, 5.41) is 2.85. The van der Waals surface area contributed by atoms with Crippen molar-refractivity contribution in [2.45, 2.75) is 13.5 Å². The van der Waals surface area contributed by atoms with E-state index in [-0.39, 0.29) is 16.3 Å². The number of halogens is 3. The largest absolute Gasteiger partial charge is 0.451 e. The molecule has 0 saturated carbocycles. The Balaban J connectivity index is 1.62. The minimum absolute atomic E-state index is 0.0198. The minimum Gasteiger partial charge on any atom is -0.451 e. The number of rotatable bonds is 7. The van der Waals surface area contributed by atoms with Crippen LogP contribution in [0.4, 0.5) is 18.9 Å². The van der Waals surface area contributed by atoms with Gasteiger partial charge in [0.15, 0.2) is 6.61 Å². The van der Waals surface area contributed by atoms with Crippen molar-refractivity contribution in [2.24, 2.45) is 0 Å². The maximum Gasteiger partial charge on any atom is 0.387 e. The minimum atomic E-state index is -3.05. The third-order valence-electron chi connectivity index (χ3n) is 3.78. The quantitative estimate of drug-likeness (QED) is 0.546. The van der Waals surface area contributed by atoms with Gasteiger partial charge in [-0.05, 0) is 43.3 Å². The number of para-hydroxylation sites is 2. The number of hydrogen-bond acceptors (Lipinski definition) is 6. The molecule has 1 amide bonds. The highest BCUT2D eigenvalue weighted by Gasteiger charge is 2.19. The highest BCUT2D eigenvalue weighted by Crippen LogP contribution is 2.29. The van der Waals surface area contributed by atoms with Gasteiger partial charge in [-0.2, -0.15) is 8.78 Å². The molecule has 30 heavy (non-hydrogen) atoms. The first-order chi connectivity index (χ1) is 14.3. The van der Waals surface area contributed by atoms with Gasteiger partial charge in [-0.1, -0.05) is 12.1 Å². The Kier molecular flexibility index (Phi) is 6.68. The van der Waals surface area contributed by atoms with Gasteiger partial charge >= 0.3 is 12.6 Å². The van der Waals surface area contributed by atoms with E-state index in [1.807, 2.05) is 0 Å². The zero-order valence-electron chi connectivity index (χ0n) is 15.5. The summed E-state index contributed by atoms with van der Waals surface area (Å²) in [6.07, 6.45) is 0. The Bertz CT molecular complexity index is 1050. The molecule has 156 valence electrons. The third kappa shape index (κ3) is 5.35. The SMILES string of the molecule is Cc1nc(-c2ccc(F)cc2)sc1C(=O)OCC(=O)Nc1ccccc1OC(F)F. The standard InChI is InChI=1S/C20H15F3N2O4S/c1-11-17(30-18(24-11)12-6-8-13(21)9-7-12)19(27)28-10-16(26)25-14-4-2-3-5-15(14)29-20(22)23/h2-9,20H,10H2,1H3,(H,25,26). The average Bonchev–Trinajstić information content (AvgIpc) is 3.09. The Morgan fingerprint density at radius 1 is 1.13 bits per heavy atom. The lowest BCUT2D eigenvalue weighted by atomic mass is 10.2. The van der Waals surface area contributed by atoms with Crippen molar-refractivity contribution in [1.29, 1.82) is 0 Å². The first-order valence-electron chi connectivity index (χ1n) is 8.57. The molecule has 3 aromatic rings. The number of esters is 1. The number of aromatic nitrogens is 1. The molecule has 2 aromatic carbocycles. The van der Waals surface area contributed by atoms with Crippen LogP contribution in [0.25, 0.3) is 10.6 Å². The van der Waals surface area contributed by atoms with Crippen LogP contribution in [0, 0.1) is 12.7 Å². The summed E-state index contributed by atoms with van der Waals surface area (Å²) in [5.41, 5.74) is 1.06. The van der Waals surface area contributed by atoms with Gasteiger partial charge in [0.25, 0.3) is 5.91 Å². The van der Waals surface area contributed by atoms with E-state index in [0.717, 1.165) is 11.3 Å². The molecule has 0 aliphatic rings. The van der Waals surface area contributed by atoms with E-state index < -0.39 is 30.9 Å². The predicted molar refractivity (Wildman–Crippen MR) is 104 cm³/mol. The van der Waals surface area contributed by atoms with E-state index in [0.29, 0.717) is 16.3 Å². The second-order valence-electron chi connectivity index (χ2n) is 5.94. The van der Waals surface area contributed by atoms with Gasteiger partial charge in [0.2, 0.25) is 0 Å². The maximum absolute atomic E-state index is 13.1. The molecular formula is C20H15F3N2O4S. The van der Waals surface area contributed by atoms with Gasteiger partial charge in [-0.25, -0.2) is 14.2 Å². The van der Waals surface area contributed by atoms with Crippen molar-refractivity contribution in [3.05, 3.63) is 64.9 Å². The topological polar surface area (TPSA) is 77.5 Å². The molecule has 0 fully saturated rings. The molecule has 3 rings (SSSR count). The average molecular weight is 436 g/mol. The summed E-state index contributed by atoms with van der Waals surface area (Å²) in [4.78, 5) is 28.8. The molecule has 0 saturated heterocycles. The number of ether oxygens (including phenoxy) is 2. The fourth-order valence-electron chi connectivity index (χ4n) is 2.45. The Labute approximate surface area is 173 Å². The monoisotopic (exact) mass is 436 g/mol. The third-order valence-corrected chi connectivity index (χ3v) is 4.97. The molecule has 0 atom stereocenters. The second kappa shape index (κ2) is 9.40. The van der Waals surface area contributed by atoms with Crippen molar-refractivity contribution < 1.29 is 32.2 Å². The fraction of sp³-hybridized carbons (Fsp3) is 0.150. The van der Waals surface area contributed by atoms with Crippen molar-refractivity contribution >= 4 is 28.9 Å². The van der Waals surface area contributed by atoms with Crippen LogP contribution in [0.15, 0.2) is 48.5 Å². The molecule has 0 spiro atoms. The normalized spacial score (nSPS) is 10.7. The van der Waals surface area contributed by atoms with E-state index in [9.17, 15) is 22.8 Å². The molecule has 10 heteroatoms. The molecule has 1 heterocycles. The van der Waals surface area contributed by atoms with E-state index in [1.54, 1.807) is 6.92 Å². The van der Waals surface area contributed by atoms with Gasteiger partial charge in [0.1, 0.15) is 21.5 Å². The van der Waals surface area contributed by atoms with Crippen LogP contribution < -0.4 is 10.1 Å². The van der Waals surface area contributed by atoms with Crippen molar-refractivity contribution in [1.82, 2.24) is 4.98 Å². The molecule has 0 bridgehead atoms. The van der Waals surface area contributed by atoms with Crippen molar-refractivity contribution in [3.63, 3.8) is 0 Å². The number of amides is 1. The van der Waals surface area contributed by atoms with Gasteiger partial charge < -0.3 is 14.8 Å². The lowest BCUT2D eigenvalue weighted by Crippen LogP contribution is -2.21. The van der Waals surface area contributed by atoms with Crippen LogP contribution in [0.5, 0.6) is 5.75 Å². The van der Waals surface area contributed by atoms with Crippen LogP contribution in [0.1, 0.15) is 15.4 Å².